The fourth-order valence-electron chi connectivity index (χ4n) is 2.16. The molecule has 0 aliphatic carbocycles. The lowest BCUT2D eigenvalue weighted by molar-refractivity contribution is 0.601. The molecule has 106 valence electrons. The third-order valence-electron chi connectivity index (χ3n) is 3.06. The highest BCUT2D eigenvalue weighted by atomic mass is 35.5. The number of rotatable bonds is 4. The molecule has 0 radical (unpaired) electrons. The minimum Gasteiger partial charge on any atom is -0.305 e. The quantitative estimate of drug-likeness (QED) is 0.896. The van der Waals surface area contributed by atoms with E-state index in [0.717, 1.165) is 17.7 Å². The first-order chi connectivity index (χ1) is 9.52. The third-order valence-corrected chi connectivity index (χ3v) is 3.57. The topological polar surface area (TPSA) is 24.9 Å². The van der Waals surface area contributed by atoms with Crippen molar-refractivity contribution in [1.82, 2.24) is 10.3 Å². The number of hydrogen-bond acceptors (Lipinski definition) is 2. The summed E-state index contributed by atoms with van der Waals surface area (Å²) in [5.41, 5.74) is 2.49. The molecule has 2 rings (SSSR count). The number of hydrogen-bond donors (Lipinski definition) is 1. The van der Waals surface area contributed by atoms with Crippen LogP contribution in [0.1, 0.15) is 29.8 Å². The Bertz CT molecular complexity index is 565. The Labute approximate surface area is 127 Å². The van der Waals surface area contributed by atoms with Crippen LogP contribution in [0.15, 0.2) is 30.5 Å². The van der Waals surface area contributed by atoms with Crippen molar-refractivity contribution < 1.29 is 4.39 Å². The lowest BCUT2D eigenvalue weighted by Gasteiger charge is -2.21. The van der Waals surface area contributed by atoms with Crippen LogP contribution in [0.5, 0.6) is 0 Å². The second kappa shape index (κ2) is 6.53. The molecular weight excluding hydrogens is 298 g/mol. The molecule has 2 aromatic rings. The Balaban J connectivity index is 2.50. The lowest BCUT2D eigenvalue weighted by Crippen LogP contribution is -2.24. The van der Waals surface area contributed by atoms with Crippen LogP contribution in [0, 0.1) is 12.7 Å². The average molecular weight is 313 g/mol. The van der Waals surface area contributed by atoms with Crippen LogP contribution in [-0.2, 0) is 0 Å². The fourth-order valence-corrected chi connectivity index (χ4v) is 2.65. The minimum absolute atomic E-state index is 0.189. The second-order valence-electron chi connectivity index (χ2n) is 4.51. The van der Waals surface area contributed by atoms with Crippen molar-refractivity contribution in [2.75, 3.05) is 6.54 Å². The first-order valence-electron chi connectivity index (χ1n) is 6.33. The number of nitrogens with one attached hydrogen (secondary N) is 1. The third kappa shape index (κ3) is 3.29. The maximum absolute atomic E-state index is 13.3. The molecule has 0 fully saturated rings. The van der Waals surface area contributed by atoms with Crippen molar-refractivity contribution in [3.63, 3.8) is 0 Å². The van der Waals surface area contributed by atoms with Gasteiger partial charge in [-0.2, -0.15) is 0 Å². The van der Waals surface area contributed by atoms with E-state index in [1.807, 2.05) is 13.8 Å². The van der Waals surface area contributed by atoms with E-state index in [-0.39, 0.29) is 11.9 Å². The molecule has 0 spiro atoms. The molecule has 0 saturated heterocycles. The van der Waals surface area contributed by atoms with Crippen LogP contribution in [0.4, 0.5) is 4.39 Å². The summed E-state index contributed by atoms with van der Waals surface area (Å²) >= 11 is 12.1. The summed E-state index contributed by atoms with van der Waals surface area (Å²) in [7, 11) is 0. The average Bonchev–Trinajstić information content (AvgIpc) is 2.37. The van der Waals surface area contributed by atoms with E-state index in [1.54, 1.807) is 18.3 Å². The first kappa shape index (κ1) is 15.2. The summed E-state index contributed by atoms with van der Waals surface area (Å²) in [6.45, 7) is 4.60. The van der Waals surface area contributed by atoms with Crippen LogP contribution >= 0.6 is 23.2 Å². The number of aromatic nitrogens is 1. The maximum Gasteiger partial charge on any atom is 0.123 e. The molecule has 0 saturated carbocycles. The summed E-state index contributed by atoms with van der Waals surface area (Å²) in [4.78, 5) is 4.32. The summed E-state index contributed by atoms with van der Waals surface area (Å²) in [6, 6.07) is 6.17. The predicted octanol–water partition coefficient (Wildman–Crippen LogP) is 4.53. The molecule has 2 nitrogen and oxygen atoms in total. The molecule has 1 atom stereocenters. The summed E-state index contributed by atoms with van der Waals surface area (Å²) < 4.78 is 13.3. The van der Waals surface area contributed by atoms with Crippen molar-refractivity contribution in [3.8, 4) is 0 Å². The SMILES string of the molecule is CCNC(c1ccc(F)cc1C)c1ncc(Cl)cc1Cl. The molecule has 1 heterocycles. The van der Waals surface area contributed by atoms with Gasteiger partial charge in [-0.3, -0.25) is 4.98 Å². The molecule has 0 bridgehead atoms. The Morgan fingerprint density at radius 1 is 1.30 bits per heavy atom. The normalized spacial score (nSPS) is 12.4. The zero-order valence-electron chi connectivity index (χ0n) is 11.3. The highest BCUT2D eigenvalue weighted by Gasteiger charge is 2.19. The molecule has 0 amide bonds. The molecular formula is C15H15Cl2FN2. The number of aryl methyl sites for hydroxylation is 1. The minimum atomic E-state index is -0.253. The van der Waals surface area contributed by atoms with Gasteiger partial charge in [0, 0.05) is 6.20 Å². The molecule has 1 unspecified atom stereocenters. The van der Waals surface area contributed by atoms with Crippen LogP contribution in [0.3, 0.4) is 0 Å². The van der Waals surface area contributed by atoms with Crippen LogP contribution < -0.4 is 5.32 Å². The van der Waals surface area contributed by atoms with Gasteiger partial charge in [0.25, 0.3) is 0 Å². The zero-order valence-corrected chi connectivity index (χ0v) is 12.8. The summed E-state index contributed by atoms with van der Waals surface area (Å²) in [5.74, 6) is -0.253. The predicted molar refractivity (Wildman–Crippen MR) is 80.9 cm³/mol. The zero-order chi connectivity index (χ0) is 14.7. The van der Waals surface area contributed by atoms with Gasteiger partial charge in [0.1, 0.15) is 5.82 Å². The van der Waals surface area contributed by atoms with Gasteiger partial charge in [0.05, 0.1) is 21.8 Å². The first-order valence-corrected chi connectivity index (χ1v) is 7.09. The van der Waals surface area contributed by atoms with E-state index in [9.17, 15) is 4.39 Å². The fraction of sp³-hybridized carbons (Fsp3) is 0.267. The van der Waals surface area contributed by atoms with Crippen LogP contribution in [-0.4, -0.2) is 11.5 Å². The van der Waals surface area contributed by atoms with E-state index in [1.165, 1.54) is 12.1 Å². The molecule has 1 aromatic heterocycles. The summed E-state index contributed by atoms with van der Waals surface area (Å²) in [5, 5.41) is 4.31. The molecule has 0 aliphatic rings. The lowest BCUT2D eigenvalue weighted by atomic mass is 9.98. The van der Waals surface area contributed by atoms with Gasteiger partial charge >= 0.3 is 0 Å². The Morgan fingerprint density at radius 2 is 2.05 bits per heavy atom. The van der Waals surface area contributed by atoms with E-state index in [0.29, 0.717) is 15.7 Å². The van der Waals surface area contributed by atoms with Gasteiger partial charge in [0.2, 0.25) is 0 Å². The summed E-state index contributed by atoms with van der Waals surface area (Å²) in [6.07, 6.45) is 1.56. The molecule has 0 aliphatic heterocycles. The van der Waals surface area contributed by atoms with Gasteiger partial charge in [-0.15, -0.1) is 0 Å². The highest BCUT2D eigenvalue weighted by Crippen LogP contribution is 2.30. The molecule has 5 heteroatoms. The molecule has 1 N–H and O–H groups in total. The monoisotopic (exact) mass is 312 g/mol. The van der Waals surface area contributed by atoms with Crippen molar-refractivity contribution in [1.29, 1.82) is 0 Å². The Hall–Kier alpha value is -1.16. The highest BCUT2D eigenvalue weighted by molar-refractivity contribution is 6.34. The Morgan fingerprint density at radius 3 is 2.65 bits per heavy atom. The van der Waals surface area contributed by atoms with Crippen LogP contribution in [0.2, 0.25) is 10.0 Å². The largest absolute Gasteiger partial charge is 0.305 e. The number of benzene rings is 1. The van der Waals surface area contributed by atoms with E-state index in [2.05, 4.69) is 10.3 Å². The molecule has 20 heavy (non-hydrogen) atoms. The van der Waals surface area contributed by atoms with Gasteiger partial charge < -0.3 is 5.32 Å². The van der Waals surface area contributed by atoms with Gasteiger partial charge in [-0.25, -0.2) is 4.39 Å². The standard InChI is InChI=1S/C15H15Cl2FN2/c1-3-19-14(12-5-4-11(18)6-9(12)2)15-13(17)7-10(16)8-20-15/h4-8,14,19H,3H2,1-2H3. The van der Waals surface area contributed by atoms with Gasteiger partial charge in [-0.1, -0.05) is 36.2 Å². The van der Waals surface area contributed by atoms with E-state index in [4.69, 9.17) is 23.2 Å². The molecule has 1 aromatic carbocycles. The van der Waals surface area contributed by atoms with Crippen molar-refractivity contribution in [3.05, 3.63) is 63.1 Å². The maximum atomic E-state index is 13.3. The Kier molecular flexibility index (Phi) is 4.97. The smallest absolute Gasteiger partial charge is 0.123 e. The van der Waals surface area contributed by atoms with E-state index >= 15 is 0 Å². The van der Waals surface area contributed by atoms with Crippen LogP contribution in [0.25, 0.3) is 0 Å². The van der Waals surface area contributed by atoms with Gasteiger partial charge in [-0.05, 0) is 42.8 Å². The van der Waals surface area contributed by atoms with Crippen molar-refractivity contribution in [2.45, 2.75) is 19.9 Å². The van der Waals surface area contributed by atoms with E-state index < -0.39 is 0 Å². The van der Waals surface area contributed by atoms with Gasteiger partial charge in [0.15, 0.2) is 0 Å². The number of nitrogens with zero attached hydrogens (tertiary/aromatic N) is 1. The second-order valence-corrected chi connectivity index (χ2v) is 5.36. The van der Waals surface area contributed by atoms with Crippen molar-refractivity contribution in [2.24, 2.45) is 0 Å². The number of pyridine rings is 1. The number of halogens is 3. The van der Waals surface area contributed by atoms with Crippen molar-refractivity contribution >= 4 is 23.2 Å².